The lowest BCUT2D eigenvalue weighted by Gasteiger charge is -2.08. The first-order valence-electron chi connectivity index (χ1n) is 7.55. The second-order valence-corrected chi connectivity index (χ2v) is 4.89. The summed E-state index contributed by atoms with van der Waals surface area (Å²) in [7, 11) is 0. The molecule has 1 N–H and O–H groups in total. The summed E-state index contributed by atoms with van der Waals surface area (Å²) in [4.78, 5) is 20.7. The Balaban J connectivity index is 1.97. The van der Waals surface area contributed by atoms with Gasteiger partial charge in [0.1, 0.15) is 0 Å². The number of pyridine rings is 2. The average molecular weight is 320 g/mol. The number of benzene rings is 1. The lowest BCUT2D eigenvalue weighted by Crippen LogP contribution is -2.21. The van der Waals surface area contributed by atoms with Crippen molar-refractivity contribution in [2.24, 2.45) is 5.10 Å². The lowest BCUT2D eigenvalue weighted by atomic mass is 10.2. The molecule has 2 aromatic heterocycles. The van der Waals surface area contributed by atoms with Gasteiger partial charge in [-0.1, -0.05) is 24.3 Å². The summed E-state index contributed by atoms with van der Waals surface area (Å²) in [5.74, 6) is -0.531. The Morgan fingerprint density at radius 1 is 1.08 bits per heavy atom. The molecule has 2 heterocycles. The van der Waals surface area contributed by atoms with E-state index in [1.54, 1.807) is 37.5 Å². The SMILES string of the molecule is CCOC(=O)/C(=N\Nc1cccc2cccnc12)c1ccccn1. The number of rotatable bonds is 5. The Labute approximate surface area is 139 Å². The van der Waals surface area contributed by atoms with Crippen molar-refractivity contribution in [1.82, 2.24) is 9.97 Å². The topological polar surface area (TPSA) is 76.5 Å². The van der Waals surface area contributed by atoms with Crippen LogP contribution in [0, 0.1) is 0 Å². The van der Waals surface area contributed by atoms with Gasteiger partial charge in [-0.3, -0.25) is 15.4 Å². The molecule has 0 unspecified atom stereocenters. The van der Waals surface area contributed by atoms with Gasteiger partial charge in [0.15, 0.2) is 5.71 Å². The predicted octanol–water partition coefficient (Wildman–Crippen LogP) is 3.01. The van der Waals surface area contributed by atoms with E-state index < -0.39 is 5.97 Å². The number of hydrogen-bond acceptors (Lipinski definition) is 6. The van der Waals surface area contributed by atoms with Gasteiger partial charge in [0.2, 0.25) is 0 Å². The van der Waals surface area contributed by atoms with E-state index in [4.69, 9.17) is 4.74 Å². The molecule has 0 saturated heterocycles. The Bertz CT molecular complexity index is 873. The second kappa shape index (κ2) is 7.32. The predicted molar refractivity (Wildman–Crippen MR) is 92.8 cm³/mol. The Morgan fingerprint density at radius 3 is 2.71 bits per heavy atom. The number of anilines is 1. The highest BCUT2D eigenvalue weighted by Crippen LogP contribution is 2.20. The highest BCUT2D eigenvalue weighted by Gasteiger charge is 2.17. The molecular formula is C18H16N4O2. The Morgan fingerprint density at radius 2 is 1.92 bits per heavy atom. The lowest BCUT2D eigenvalue weighted by molar-refractivity contribution is -0.134. The molecule has 24 heavy (non-hydrogen) atoms. The molecule has 0 amide bonds. The number of hydrogen-bond donors (Lipinski definition) is 1. The fourth-order valence-corrected chi connectivity index (χ4v) is 2.22. The van der Waals surface area contributed by atoms with Crippen molar-refractivity contribution < 1.29 is 9.53 Å². The number of hydrazone groups is 1. The number of ether oxygens (including phenoxy) is 1. The maximum Gasteiger partial charge on any atom is 0.361 e. The Kier molecular flexibility index (Phi) is 4.76. The van der Waals surface area contributed by atoms with Crippen LogP contribution in [0.3, 0.4) is 0 Å². The minimum Gasteiger partial charge on any atom is -0.461 e. The molecule has 0 aliphatic carbocycles. The van der Waals surface area contributed by atoms with Crippen LogP contribution in [0.5, 0.6) is 0 Å². The van der Waals surface area contributed by atoms with Crippen LogP contribution < -0.4 is 5.43 Å². The van der Waals surface area contributed by atoms with Crippen LogP contribution in [0.4, 0.5) is 5.69 Å². The number of fused-ring (bicyclic) bond motifs is 1. The van der Waals surface area contributed by atoms with E-state index in [-0.39, 0.29) is 12.3 Å². The van der Waals surface area contributed by atoms with E-state index in [1.807, 2.05) is 30.3 Å². The summed E-state index contributed by atoms with van der Waals surface area (Å²) in [6.45, 7) is 2.01. The molecule has 0 aliphatic rings. The maximum atomic E-state index is 12.2. The van der Waals surface area contributed by atoms with E-state index in [1.165, 1.54) is 0 Å². The van der Waals surface area contributed by atoms with Crippen molar-refractivity contribution in [3.63, 3.8) is 0 Å². The number of carbonyl (C=O) groups excluding carboxylic acids is 1. The molecule has 0 bridgehead atoms. The molecule has 0 spiro atoms. The van der Waals surface area contributed by atoms with Gasteiger partial charge in [0, 0.05) is 17.8 Å². The number of para-hydroxylation sites is 1. The van der Waals surface area contributed by atoms with Gasteiger partial charge in [-0.05, 0) is 31.2 Å². The van der Waals surface area contributed by atoms with Crippen molar-refractivity contribution in [2.75, 3.05) is 12.0 Å². The Hall–Kier alpha value is -3.28. The van der Waals surface area contributed by atoms with E-state index in [9.17, 15) is 4.79 Å². The third kappa shape index (κ3) is 3.38. The normalized spacial score (nSPS) is 11.3. The minimum absolute atomic E-state index is 0.116. The van der Waals surface area contributed by atoms with Gasteiger partial charge < -0.3 is 4.74 Å². The third-order valence-corrected chi connectivity index (χ3v) is 3.30. The quantitative estimate of drug-likeness (QED) is 0.444. The second-order valence-electron chi connectivity index (χ2n) is 4.89. The van der Waals surface area contributed by atoms with E-state index in [0.29, 0.717) is 11.4 Å². The molecule has 0 aliphatic heterocycles. The third-order valence-electron chi connectivity index (χ3n) is 3.30. The monoisotopic (exact) mass is 320 g/mol. The van der Waals surface area contributed by atoms with E-state index in [0.717, 1.165) is 10.9 Å². The highest BCUT2D eigenvalue weighted by atomic mass is 16.5. The van der Waals surface area contributed by atoms with Gasteiger partial charge in [-0.15, -0.1) is 0 Å². The van der Waals surface area contributed by atoms with Crippen LogP contribution in [0.15, 0.2) is 66.0 Å². The van der Waals surface area contributed by atoms with E-state index in [2.05, 4.69) is 20.5 Å². The minimum atomic E-state index is -0.531. The first-order chi connectivity index (χ1) is 11.8. The van der Waals surface area contributed by atoms with Crippen LogP contribution in [0.2, 0.25) is 0 Å². The van der Waals surface area contributed by atoms with Crippen LogP contribution >= 0.6 is 0 Å². The van der Waals surface area contributed by atoms with Gasteiger partial charge in [0.25, 0.3) is 0 Å². The van der Waals surface area contributed by atoms with Gasteiger partial charge in [0.05, 0.1) is 23.5 Å². The maximum absolute atomic E-state index is 12.2. The molecule has 0 saturated carbocycles. The molecule has 3 rings (SSSR count). The fraction of sp³-hybridized carbons (Fsp3) is 0.111. The van der Waals surface area contributed by atoms with Crippen LogP contribution in [-0.4, -0.2) is 28.3 Å². The van der Waals surface area contributed by atoms with E-state index >= 15 is 0 Å². The summed E-state index contributed by atoms with van der Waals surface area (Å²) in [6, 6.07) is 14.8. The molecule has 3 aromatic rings. The average Bonchev–Trinajstić information content (AvgIpc) is 2.63. The number of nitrogens with zero attached hydrogens (tertiary/aromatic N) is 3. The first-order valence-corrected chi connectivity index (χ1v) is 7.55. The number of nitrogens with one attached hydrogen (secondary N) is 1. The summed E-state index contributed by atoms with van der Waals surface area (Å²) in [5, 5.41) is 5.20. The largest absolute Gasteiger partial charge is 0.461 e. The smallest absolute Gasteiger partial charge is 0.361 e. The summed E-state index contributed by atoms with van der Waals surface area (Å²) < 4.78 is 5.07. The molecular weight excluding hydrogens is 304 g/mol. The standard InChI is InChI=1S/C18H16N4O2/c1-2-24-18(23)17(14-9-3-4-11-19-14)22-21-15-10-5-7-13-8-6-12-20-16(13)15/h3-12,21H,2H2,1H3/b22-17-. The number of esters is 1. The van der Waals surface area contributed by atoms with Crippen LogP contribution in [0.1, 0.15) is 12.6 Å². The van der Waals surface area contributed by atoms with Crippen LogP contribution in [-0.2, 0) is 9.53 Å². The van der Waals surface area contributed by atoms with Gasteiger partial charge in [-0.25, -0.2) is 4.79 Å². The molecule has 1 aromatic carbocycles. The van der Waals surface area contributed by atoms with Crippen LogP contribution in [0.25, 0.3) is 10.9 Å². The molecule has 6 heteroatoms. The molecule has 6 nitrogen and oxygen atoms in total. The molecule has 0 fully saturated rings. The zero-order valence-electron chi connectivity index (χ0n) is 13.1. The summed E-state index contributed by atoms with van der Waals surface area (Å²) in [6.07, 6.45) is 3.31. The zero-order valence-corrected chi connectivity index (χ0v) is 13.1. The van der Waals surface area contributed by atoms with Gasteiger partial charge in [-0.2, -0.15) is 5.10 Å². The number of aromatic nitrogens is 2. The molecule has 120 valence electrons. The zero-order chi connectivity index (χ0) is 16.8. The van der Waals surface area contributed by atoms with Crippen molar-refractivity contribution in [3.8, 4) is 0 Å². The summed E-state index contributed by atoms with van der Waals surface area (Å²) >= 11 is 0. The summed E-state index contributed by atoms with van der Waals surface area (Å²) in [5.41, 5.74) is 4.94. The fourth-order valence-electron chi connectivity index (χ4n) is 2.22. The molecule has 0 radical (unpaired) electrons. The van der Waals surface area contributed by atoms with Crippen molar-refractivity contribution in [1.29, 1.82) is 0 Å². The highest BCUT2D eigenvalue weighted by molar-refractivity contribution is 6.42. The van der Waals surface area contributed by atoms with Crippen molar-refractivity contribution in [3.05, 3.63) is 66.6 Å². The number of carbonyl (C=O) groups is 1. The van der Waals surface area contributed by atoms with Crippen molar-refractivity contribution in [2.45, 2.75) is 6.92 Å². The first kappa shape index (κ1) is 15.6. The van der Waals surface area contributed by atoms with Crippen molar-refractivity contribution >= 4 is 28.3 Å². The molecule has 0 atom stereocenters. The van der Waals surface area contributed by atoms with Gasteiger partial charge >= 0.3 is 5.97 Å².